The monoisotopic (exact) mass is 312 g/mol. The van der Waals surface area contributed by atoms with Crippen molar-refractivity contribution in [2.45, 2.75) is 33.7 Å². The van der Waals surface area contributed by atoms with E-state index in [4.69, 9.17) is 11.1 Å². The number of anilines is 1. The molecule has 0 aliphatic carbocycles. The van der Waals surface area contributed by atoms with Crippen LogP contribution in [0, 0.1) is 5.41 Å². The Labute approximate surface area is 137 Å². The number of carbonyl (C=O) groups excluding carboxylic acids is 1. The number of nitrogen functional groups attached to an aromatic ring is 1. The molecule has 0 aromatic carbocycles. The molecule has 23 heavy (non-hydrogen) atoms. The Morgan fingerprint density at radius 3 is 2.83 bits per heavy atom. The lowest BCUT2D eigenvalue weighted by Crippen LogP contribution is -2.31. The molecule has 5 heteroatoms. The van der Waals surface area contributed by atoms with Crippen LogP contribution in [-0.4, -0.2) is 35.0 Å². The van der Waals surface area contributed by atoms with Gasteiger partial charge in [-0.2, -0.15) is 0 Å². The fourth-order valence-corrected chi connectivity index (χ4v) is 3.08. The van der Waals surface area contributed by atoms with E-state index >= 15 is 0 Å². The van der Waals surface area contributed by atoms with Crippen LogP contribution >= 0.6 is 0 Å². The van der Waals surface area contributed by atoms with Gasteiger partial charge in [-0.15, -0.1) is 0 Å². The molecule has 0 unspecified atom stereocenters. The highest BCUT2D eigenvalue weighted by Gasteiger charge is 2.20. The first kappa shape index (κ1) is 17.1. The van der Waals surface area contributed by atoms with E-state index in [1.165, 1.54) is 17.4 Å². The molecule has 2 heterocycles. The molecule has 5 nitrogen and oxygen atoms in total. The normalized spacial score (nSPS) is 16.6. The number of carbonyl (C=O) groups is 1. The largest absolute Gasteiger partial charge is 0.383 e. The van der Waals surface area contributed by atoms with Gasteiger partial charge in [0.25, 0.3) is 0 Å². The summed E-state index contributed by atoms with van der Waals surface area (Å²) < 4.78 is 0. The van der Waals surface area contributed by atoms with Crippen molar-refractivity contribution in [3.63, 3.8) is 0 Å². The summed E-state index contributed by atoms with van der Waals surface area (Å²) in [5.41, 5.74) is 10.7. The summed E-state index contributed by atoms with van der Waals surface area (Å²) in [5, 5.41) is 7.36. The van der Waals surface area contributed by atoms with Crippen LogP contribution in [0.25, 0.3) is 0 Å². The predicted molar refractivity (Wildman–Crippen MR) is 93.6 cm³/mol. The van der Waals surface area contributed by atoms with E-state index in [-0.39, 0.29) is 5.78 Å². The van der Waals surface area contributed by atoms with Crippen molar-refractivity contribution in [1.29, 1.82) is 5.41 Å². The zero-order chi connectivity index (χ0) is 17.0. The molecule has 0 saturated carbocycles. The third-order valence-corrected chi connectivity index (χ3v) is 4.21. The van der Waals surface area contributed by atoms with Crippen LogP contribution in [0.4, 0.5) is 5.82 Å². The Hall–Kier alpha value is -2.27. The lowest BCUT2D eigenvalue weighted by Gasteiger charge is -2.30. The minimum atomic E-state index is 0.133. The summed E-state index contributed by atoms with van der Waals surface area (Å²) in [6.45, 7) is 8.15. The molecule has 0 radical (unpaired) electrons. The molecule has 0 amide bonds. The molecule has 0 spiro atoms. The van der Waals surface area contributed by atoms with Crippen molar-refractivity contribution in [1.82, 2.24) is 9.88 Å². The maximum atomic E-state index is 11.7. The van der Waals surface area contributed by atoms with Gasteiger partial charge in [-0.3, -0.25) is 9.69 Å². The molecule has 1 aliphatic heterocycles. The van der Waals surface area contributed by atoms with Gasteiger partial charge >= 0.3 is 0 Å². The molecule has 1 aromatic rings. The van der Waals surface area contributed by atoms with Crippen molar-refractivity contribution in [3.05, 3.63) is 46.2 Å². The highest BCUT2D eigenvalue weighted by molar-refractivity contribution is 5.97. The van der Waals surface area contributed by atoms with Gasteiger partial charge in [0, 0.05) is 43.2 Å². The Balaban J connectivity index is 2.13. The number of ketones is 1. The molecule has 1 aliphatic rings. The average Bonchev–Trinajstić information content (AvgIpc) is 2.51. The van der Waals surface area contributed by atoms with Crippen molar-refractivity contribution < 1.29 is 4.79 Å². The van der Waals surface area contributed by atoms with Crippen LogP contribution in [0.3, 0.4) is 0 Å². The average molecular weight is 312 g/mol. The van der Waals surface area contributed by atoms with E-state index in [2.05, 4.69) is 16.8 Å². The Kier molecular flexibility index (Phi) is 5.45. The van der Waals surface area contributed by atoms with E-state index in [0.717, 1.165) is 37.2 Å². The molecule has 2 rings (SSSR count). The highest BCUT2D eigenvalue weighted by Crippen LogP contribution is 2.26. The number of hydrogen-bond acceptors (Lipinski definition) is 5. The van der Waals surface area contributed by atoms with Crippen molar-refractivity contribution in [2.24, 2.45) is 0 Å². The Bertz CT molecular complexity index is 688. The Morgan fingerprint density at radius 1 is 1.52 bits per heavy atom. The lowest BCUT2D eigenvalue weighted by molar-refractivity contribution is -0.113. The zero-order valence-corrected chi connectivity index (χ0v) is 14.0. The first-order chi connectivity index (χ1) is 11.0. The number of pyridine rings is 1. The van der Waals surface area contributed by atoms with E-state index in [9.17, 15) is 4.79 Å². The predicted octanol–water partition coefficient (Wildman–Crippen LogP) is 2.72. The SMILES string of the molecule is C/C=C(/C(C)=O)C1=C(C)CN(Cc2cnc(N)c(C=N)c2)CC1. The molecule has 0 fully saturated rings. The third kappa shape index (κ3) is 3.93. The molecule has 1 aromatic heterocycles. The molecular formula is C18H24N4O. The quantitative estimate of drug-likeness (QED) is 0.647. The van der Waals surface area contributed by atoms with Gasteiger partial charge in [-0.25, -0.2) is 4.98 Å². The fraction of sp³-hybridized carbons (Fsp3) is 0.389. The summed E-state index contributed by atoms with van der Waals surface area (Å²) >= 11 is 0. The molecule has 0 saturated heterocycles. The van der Waals surface area contributed by atoms with Crippen LogP contribution in [0.2, 0.25) is 0 Å². The standard InChI is InChI=1S/C18H24N4O/c1-4-16(13(3)23)17-5-6-22(10-12(17)2)11-14-7-15(8-19)18(20)21-9-14/h4,7-9,19H,5-6,10-11H2,1-3H3,(H2,20,21)/b16-4-,19-8?. The smallest absolute Gasteiger partial charge is 0.159 e. The van der Waals surface area contributed by atoms with Crippen LogP contribution in [0.15, 0.2) is 35.1 Å². The number of hydrogen-bond donors (Lipinski definition) is 2. The van der Waals surface area contributed by atoms with E-state index in [1.54, 1.807) is 13.1 Å². The van der Waals surface area contributed by atoms with Gasteiger partial charge in [0.1, 0.15) is 5.82 Å². The second-order valence-corrected chi connectivity index (χ2v) is 5.94. The van der Waals surface area contributed by atoms with Crippen LogP contribution in [0.5, 0.6) is 0 Å². The highest BCUT2D eigenvalue weighted by atomic mass is 16.1. The first-order valence-electron chi connectivity index (χ1n) is 7.79. The van der Waals surface area contributed by atoms with Crippen molar-refractivity contribution in [2.75, 3.05) is 18.8 Å². The van der Waals surface area contributed by atoms with Gasteiger partial charge in [0.15, 0.2) is 5.78 Å². The summed E-state index contributed by atoms with van der Waals surface area (Å²) in [6, 6.07) is 1.91. The maximum absolute atomic E-state index is 11.7. The maximum Gasteiger partial charge on any atom is 0.159 e. The minimum absolute atomic E-state index is 0.133. The number of nitrogens with one attached hydrogen (secondary N) is 1. The number of allylic oxidation sites excluding steroid dienone is 2. The number of nitrogens with zero attached hydrogens (tertiary/aromatic N) is 2. The topological polar surface area (TPSA) is 83.1 Å². The van der Waals surface area contributed by atoms with Gasteiger partial charge in [-0.05, 0) is 44.4 Å². The molecule has 122 valence electrons. The third-order valence-electron chi connectivity index (χ3n) is 4.21. The van der Waals surface area contributed by atoms with Crippen molar-refractivity contribution in [3.8, 4) is 0 Å². The van der Waals surface area contributed by atoms with Crippen LogP contribution < -0.4 is 5.73 Å². The number of rotatable bonds is 5. The van der Waals surface area contributed by atoms with E-state index in [1.807, 2.05) is 19.1 Å². The fourth-order valence-electron chi connectivity index (χ4n) is 3.08. The summed E-state index contributed by atoms with van der Waals surface area (Å²) in [7, 11) is 0. The molecule has 0 bridgehead atoms. The van der Waals surface area contributed by atoms with Crippen LogP contribution in [0.1, 0.15) is 38.3 Å². The minimum Gasteiger partial charge on any atom is -0.383 e. The first-order valence-corrected chi connectivity index (χ1v) is 7.79. The number of aromatic nitrogens is 1. The molecule has 0 atom stereocenters. The summed E-state index contributed by atoms with van der Waals surface area (Å²) in [6.07, 6.45) is 5.79. The van der Waals surface area contributed by atoms with Gasteiger partial charge in [0.2, 0.25) is 0 Å². The van der Waals surface area contributed by atoms with Crippen molar-refractivity contribution >= 4 is 17.8 Å². The molecular weight excluding hydrogens is 288 g/mol. The second kappa shape index (κ2) is 7.33. The number of nitrogens with two attached hydrogens (primary N) is 1. The van der Waals surface area contributed by atoms with E-state index in [0.29, 0.717) is 11.4 Å². The number of Topliss-reactive ketones (excluding diaryl/α,β-unsaturated/α-hetero) is 1. The van der Waals surface area contributed by atoms with Gasteiger partial charge < -0.3 is 11.1 Å². The van der Waals surface area contributed by atoms with E-state index < -0.39 is 0 Å². The lowest BCUT2D eigenvalue weighted by atomic mass is 9.91. The Morgan fingerprint density at radius 2 is 2.26 bits per heavy atom. The molecule has 3 N–H and O–H groups in total. The summed E-state index contributed by atoms with van der Waals surface area (Å²) in [5.74, 6) is 0.522. The second-order valence-electron chi connectivity index (χ2n) is 5.94. The van der Waals surface area contributed by atoms with Gasteiger partial charge in [0.05, 0.1) is 0 Å². The zero-order valence-electron chi connectivity index (χ0n) is 14.0. The van der Waals surface area contributed by atoms with Crippen LogP contribution in [-0.2, 0) is 11.3 Å². The summed E-state index contributed by atoms with van der Waals surface area (Å²) in [4.78, 5) is 18.2. The van der Waals surface area contributed by atoms with Gasteiger partial charge in [-0.1, -0.05) is 11.6 Å².